The molecule has 2 N–H and O–H groups in total. The Bertz CT molecular complexity index is 644. The smallest absolute Gasteiger partial charge is 0.226 e. The molecule has 0 atom stereocenters. The summed E-state index contributed by atoms with van der Waals surface area (Å²) in [6.07, 6.45) is 0.344. The van der Waals surface area contributed by atoms with Crippen LogP contribution < -0.4 is 10.6 Å². The Balaban J connectivity index is 1.82. The third-order valence-corrected chi connectivity index (χ3v) is 3.74. The Hall–Kier alpha value is -1.71. The summed E-state index contributed by atoms with van der Waals surface area (Å²) in [6, 6.07) is 12.9. The Morgan fingerprint density at radius 3 is 2.57 bits per heavy atom. The van der Waals surface area contributed by atoms with Gasteiger partial charge in [-0.25, -0.2) is 0 Å². The van der Waals surface area contributed by atoms with Crippen molar-refractivity contribution in [3.8, 4) is 0 Å². The minimum atomic E-state index is -0.0891. The maximum atomic E-state index is 11.8. The average Bonchev–Trinajstić information content (AvgIpc) is 2.45. The largest absolute Gasteiger partial charge is 0.384 e. The van der Waals surface area contributed by atoms with Crippen molar-refractivity contribution in [3.05, 3.63) is 58.1 Å². The maximum Gasteiger partial charge on any atom is 0.226 e. The number of para-hydroxylation sites is 1. The van der Waals surface area contributed by atoms with Gasteiger partial charge in [0, 0.05) is 23.7 Å². The fraction of sp³-hybridized carbons (Fsp3) is 0.188. The van der Waals surface area contributed by atoms with Gasteiger partial charge >= 0.3 is 0 Å². The predicted octanol–water partition coefficient (Wildman–Crippen LogP) is 4.74. The van der Waals surface area contributed by atoms with Gasteiger partial charge in [0.1, 0.15) is 0 Å². The fourth-order valence-electron chi connectivity index (χ4n) is 1.80. The van der Waals surface area contributed by atoms with E-state index in [0.29, 0.717) is 28.7 Å². The number of amides is 1. The highest BCUT2D eigenvalue weighted by molar-refractivity contribution is 6.33. The number of rotatable bonds is 5. The summed E-state index contributed by atoms with van der Waals surface area (Å²) in [6.45, 7) is 2.47. The Kier molecular flexibility index (Phi) is 5.48. The standard InChI is InChI=1S/C16H16Cl2N2O/c1-11-6-7-12(10-14(11)18)19-9-8-16(21)20-15-5-3-2-4-13(15)17/h2-7,10,19H,8-9H2,1H3,(H,20,21). The molecular formula is C16H16Cl2N2O. The molecule has 0 bridgehead atoms. The molecule has 3 nitrogen and oxygen atoms in total. The molecule has 0 aliphatic rings. The van der Waals surface area contributed by atoms with E-state index < -0.39 is 0 Å². The molecule has 0 radical (unpaired) electrons. The van der Waals surface area contributed by atoms with Crippen LogP contribution in [0.3, 0.4) is 0 Å². The lowest BCUT2D eigenvalue weighted by Gasteiger charge is -2.09. The van der Waals surface area contributed by atoms with Crippen LogP contribution in [0.25, 0.3) is 0 Å². The molecule has 0 aliphatic carbocycles. The van der Waals surface area contributed by atoms with Crippen molar-refractivity contribution in [2.45, 2.75) is 13.3 Å². The number of carbonyl (C=O) groups is 1. The summed E-state index contributed by atoms with van der Waals surface area (Å²) in [4.78, 5) is 11.8. The van der Waals surface area contributed by atoms with Crippen LogP contribution in [-0.2, 0) is 4.79 Å². The molecule has 2 aromatic carbocycles. The number of aryl methyl sites for hydroxylation is 1. The van der Waals surface area contributed by atoms with Crippen molar-refractivity contribution in [3.63, 3.8) is 0 Å². The molecule has 5 heteroatoms. The zero-order chi connectivity index (χ0) is 15.2. The predicted molar refractivity (Wildman–Crippen MR) is 89.4 cm³/mol. The van der Waals surface area contributed by atoms with E-state index in [1.165, 1.54) is 0 Å². The number of benzene rings is 2. The molecule has 2 rings (SSSR count). The Morgan fingerprint density at radius 1 is 1.10 bits per heavy atom. The SMILES string of the molecule is Cc1ccc(NCCC(=O)Nc2ccccc2Cl)cc1Cl. The van der Waals surface area contributed by atoms with E-state index >= 15 is 0 Å². The summed E-state index contributed by atoms with van der Waals surface area (Å²) in [5.74, 6) is -0.0891. The first-order chi connectivity index (χ1) is 10.1. The van der Waals surface area contributed by atoms with Crippen molar-refractivity contribution >= 4 is 40.5 Å². The van der Waals surface area contributed by atoms with Gasteiger partial charge < -0.3 is 10.6 Å². The van der Waals surface area contributed by atoms with Gasteiger partial charge in [-0.05, 0) is 36.8 Å². The number of carbonyl (C=O) groups excluding carboxylic acids is 1. The van der Waals surface area contributed by atoms with Crippen LogP contribution >= 0.6 is 23.2 Å². The van der Waals surface area contributed by atoms with Crippen LogP contribution in [0, 0.1) is 6.92 Å². The minimum Gasteiger partial charge on any atom is -0.384 e. The lowest BCUT2D eigenvalue weighted by atomic mass is 10.2. The number of anilines is 2. The molecular weight excluding hydrogens is 307 g/mol. The van der Waals surface area contributed by atoms with Crippen LogP contribution in [0.4, 0.5) is 11.4 Å². The highest BCUT2D eigenvalue weighted by atomic mass is 35.5. The van der Waals surface area contributed by atoms with Crippen molar-refractivity contribution in [1.29, 1.82) is 0 Å². The molecule has 0 heterocycles. The van der Waals surface area contributed by atoms with E-state index in [2.05, 4.69) is 10.6 Å². The number of hydrogen-bond donors (Lipinski definition) is 2. The quantitative estimate of drug-likeness (QED) is 0.834. The molecule has 0 fully saturated rings. The zero-order valence-electron chi connectivity index (χ0n) is 11.6. The van der Waals surface area contributed by atoms with Crippen LogP contribution in [0.15, 0.2) is 42.5 Å². The molecule has 0 aliphatic heterocycles. The second-order valence-corrected chi connectivity index (χ2v) is 5.48. The molecule has 0 saturated heterocycles. The molecule has 1 amide bonds. The first kappa shape index (κ1) is 15.7. The monoisotopic (exact) mass is 322 g/mol. The number of nitrogens with one attached hydrogen (secondary N) is 2. The molecule has 0 saturated carbocycles. The highest BCUT2D eigenvalue weighted by Crippen LogP contribution is 2.21. The second kappa shape index (κ2) is 7.34. The summed E-state index contributed by atoms with van der Waals surface area (Å²) in [7, 11) is 0. The van der Waals surface area contributed by atoms with Gasteiger partial charge in [0.15, 0.2) is 0 Å². The molecule has 110 valence electrons. The van der Waals surface area contributed by atoms with Crippen molar-refractivity contribution in [2.24, 2.45) is 0 Å². The summed E-state index contributed by atoms with van der Waals surface area (Å²) in [5.41, 5.74) is 2.55. The van der Waals surface area contributed by atoms with Gasteiger partial charge in [-0.15, -0.1) is 0 Å². The molecule has 0 aromatic heterocycles. The van der Waals surface area contributed by atoms with E-state index in [1.807, 2.05) is 37.3 Å². The van der Waals surface area contributed by atoms with Gasteiger partial charge in [-0.3, -0.25) is 4.79 Å². The maximum absolute atomic E-state index is 11.8. The van der Waals surface area contributed by atoms with Crippen LogP contribution in [-0.4, -0.2) is 12.5 Å². The first-order valence-electron chi connectivity index (χ1n) is 6.60. The van der Waals surface area contributed by atoms with Crippen LogP contribution in [0.1, 0.15) is 12.0 Å². The van der Waals surface area contributed by atoms with Crippen molar-refractivity contribution in [1.82, 2.24) is 0 Å². The van der Waals surface area contributed by atoms with Crippen LogP contribution in [0.5, 0.6) is 0 Å². The zero-order valence-corrected chi connectivity index (χ0v) is 13.1. The van der Waals surface area contributed by atoms with E-state index in [1.54, 1.807) is 12.1 Å². The first-order valence-corrected chi connectivity index (χ1v) is 7.36. The molecule has 2 aromatic rings. The Morgan fingerprint density at radius 2 is 1.86 bits per heavy atom. The Labute approximate surface area is 134 Å². The summed E-state index contributed by atoms with van der Waals surface area (Å²) < 4.78 is 0. The average molecular weight is 323 g/mol. The van der Waals surface area contributed by atoms with E-state index in [0.717, 1.165) is 11.3 Å². The highest BCUT2D eigenvalue weighted by Gasteiger charge is 2.05. The summed E-state index contributed by atoms with van der Waals surface area (Å²) in [5, 5.41) is 7.19. The third kappa shape index (κ3) is 4.66. The van der Waals surface area contributed by atoms with Gasteiger partial charge in [-0.1, -0.05) is 41.4 Å². The second-order valence-electron chi connectivity index (χ2n) is 4.67. The summed E-state index contributed by atoms with van der Waals surface area (Å²) >= 11 is 12.0. The van der Waals surface area contributed by atoms with Crippen molar-refractivity contribution < 1.29 is 4.79 Å². The molecule has 0 unspecified atom stereocenters. The van der Waals surface area contributed by atoms with Gasteiger partial charge in [-0.2, -0.15) is 0 Å². The van der Waals surface area contributed by atoms with Gasteiger partial charge in [0.2, 0.25) is 5.91 Å². The number of halogens is 2. The molecule has 0 spiro atoms. The van der Waals surface area contributed by atoms with E-state index in [9.17, 15) is 4.79 Å². The fourth-order valence-corrected chi connectivity index (χ4v) is 2.16. The third-order valence-electron chi connectivity index (χ3n) is 3.00. The van der Waals surface area contributed by atoms with Gasteiger partial charge in [0.05, 0.1) is 10.7 Å². The minimum absolute atomic E-state index is 0.0891. The van der Waals surface area contributed by atoms with E-state index in [-0.39, 0.29) is 5.91 Å². The topological polar surface area (TPSA) is 41.1 Å². The molecule has 21 heavy (non-hydrogen) atoms. The normalized spacial score (nSPS) is 10.2. The van der Waals surface area contributed by atoms with Crippen LogP contribution in [0.2, 0.25) is 10.0 Å². The number of hydrogen-bond acceptors (Lipinski definition) is 2. The van der Waals surface area contributed by atoms with Crippen molar-refractivity contribution in [2.75, 3.05) is 17.2 Å². The van der Waals surface area contributed by atoms with E-state index in [4.69, 9.17) is 23.2 Å². The lowest BCUT2D eigenvalue weighted by Crippen LogP contribution is -2.16. The van der Waals surface area contributed by atoms with Gasteiger partial charge in [0.25, 0.3) is 0 Å². The lowest BCUT2D eigenvalue weighted by molar-refractivity contribution is -0.115.